The Hall–Kier alpha value is -0.500. The lowest BCUT2D eigenvalue weighted by molar-refractivity contribution is 0.256. The van der Waals surface area contributed by atoms with Gasteiger partial charge in [-0.2, -0.15) is 0 Å². The minimum atomic E-state index is 0.657. The fourth-order valence-electron chi connectivity index (χ4n) is 0.847. The Labute approximate surface area is 78.4 Å². The highest BCUT2D eigenvalue weighted by Crippen LogP contribution is 2.22. The molecule has 0 spiro atoms. The van der Waals surface area contributed by atoms with Crippen molar-refractivity contribution < 1.29 is 4.74 Å². The van der Waals surface area contributed by atoms with Crippen LogP contribution in [-0.2, 0) is 0 Å². The number of rotatable bonds is 4. The third-order valence-electron chi connectivity index (χ3n) is 2.03. The summed E-state index contributed by atoms with van der Waals surface area (Å²) in [6, 6.07) is 0. The van der Waals surface area contributed by atoms with Crippen molar-refractivity contribution in [2.45, 2.75) is 27.2 Å². The normalized spacial score (nSPS) is 12.9. The first-order valence-corrected chi connectivity index (χ1v) is 5.34. The van der Waals surface area contributed by atoms with Crippen LogP contribution in [0.1, 0.15) is 25.8 Å². The molecule has 0 N–H and O–H groups in total. The Bertz CT molecular complexity index is 229. The van der Waals surface area contributed by atoms with Crippen LogP contribution in [0.2, 0.25) is 0 Å². The molecule has 1 atom stereocenters. The molecule has 0 radical (unpaired) electrons. The van der Waals surface area contributed by atoms with Gasteiger partial charge in [0.25, 0.3) is 0 Å². The summed E-state index contributed by atoms with van der Waals surface area (Å²) < 4.78 is 5.64. The Morgan fingerprint density at radius 1 is 1.50 bits per heavy atom. The smallest absolute Gasteiger partial charge is 0.132 e. The molecule has 1 heterocycles. The van der Waals surface area contributed by atoms with Gasteiger partial charge in [0, 0.05) is 10.9 Å². The maximum atomic E-state index is 5.64. The zero-order chi connectivity index (χ0) is 8.97. The van der Waals surface area contributed by atoms with E-state index in [4.69, 9.17) is 4.74 Å². The molecule has 2 heteroatoms. The van der Waals surface area contributed by atoms with Gasteiger partial charge in [0.15, 0.2) is 0 Å². The zero-order valence-corrected chi connectivity index (χ0v) is 8.78. The molecule has 0 aliphatic heterocycles. The van der Waals surface area contributed by atoms with E-state index in [1.165, 1.54) is 12.0 Å². The molecule has 1 nitrogen and oxygen atoms in total. The highest BCUT2D eigenvalue weighted by atomic mass is 32.1. The summed E-state index contributed by atoms with van der Waals surface area (Å²) in [5, 5.41) is 4.18. The molecule has 0 saturated heterocycles. The van der Waals surface area contributed by atoms with Crippen LogP contribution in [0.15, 0.2) is 10.8 Å². The van der Waals surface area contributed by atoms with Crippen LogP contribution >= 0.6 is 11.3 Å². The van der Waals surface area contributed by atoms with Crippen LogP contribution in [0.5, 0.6) is 5.75 Å². The first-order valence-electron chi connectivity index (χ1n) is 4.39. The average molecular weight is 184 g/mol. The van der Waals surface area contributed by atoms with E-state index in [1.54, 1.807) is 11.3 Å². The number of aryl methyl sites for hydroxylation is 1. The molecular weight excluding hydrogens is 168 g/mol. The van der Waals surface area contributed by atoms with Crippen LogP contribution in [0, 0.1) is 12.8 Å². The van der Waals surface area contributed by atoms with Crippen molar-refractivity contribution in [3.05, 3.63) is 16.3 Å². The minimum absolute atomic E-state index is 0.657. The summed E-state index contributed by atoms with van der Waals surface area (Å²) in [7, 11) is 0. The second-order valence-electron chi connectivity index (χ2n) is 3.24. The molecule has 12 heavy (non-hydrogen) atoms. The predicted molar refractivity (Wildman–Crippen MR) is 54.0 cm³/mol. The van der Waals surface area contributed by atoms with Gasteiger partial charge in [-0.05, 0) is 18.2 Å². The monoisotopic (exact) mass is 184 g/mol. The lowest BCUT2D eigenvalue weighted by Gasteiger charge is -2.09. The fourth-order valence-corrected chi connectivity index (χ4v) is 1.61. The van der Waals surface area contributed by atoms with Crippen LogP contribution in [0.4, 0.5) is 0 Å². The number of hydrogen-bond donors (Lipinski definition) is 0. The maximum absolute atomic E-state index is 5.64. The highest BCUT2D eigenvalue weighted by Gasteiger charge is 2.02. The topological polar surface area (TPSA) is 9.23 Å². The highest BCUT2D eigenvalue weighted by molar-refractivity contribution is 7.08. The molecule has 0 aliphatic carbocycles. The summed E-state index contributed by atoms with van der Waals surface area (Å²) in [5.74, 6) is 1.71. The molecule has 1 unspecified atom stereocenters. The Morgan fingerprint density at radius 2 is 2.25 bits per heavy atom. The first-order chi connectivity index (χ1) is 5.74. The van der Waals surface area contributed by atoms with Crippen LogP contribution in [-0.4, -0.2) is 6.61 Å². The molecule has 1 aromatic rings. The molecule has 0 bridgehead atoms. The van der Waals surface area contributed by atoms with E-state index >= 15 is 0 Å². The summed E-state index contributed by atoms with van der Waals surface area (Å²) in [4.78, 5) is 0. The van der Waals surface area contributed by atoms with Crippen molar-refractivity contribution in [1.29, 1.82) is 0 Å². The van der Waals surface area contributed by atoms with E-state index in [1.807, 2.05) is 0 Å². The van der Waals surface area contributed by atoms with E-state index in [0.29, 0.717) is 5.92 Å². The van der Waals surface area contributed by atoms with E-state index in [9.17, 15) is 0 Å². The zero-order valence-electron chi connectivity index (χ0n) is 7.96. The van der Waals surface area contributed by atoms with Gasteiger partial charge in [0.05, 0.1) is 6.61 Å². The van der Waals surface area contributed by atoms with Crippen molar-refractivity contribution in [3.8, 4) is 5.75 Å². The molecule has 0 aromatic carbocycles. The van der Waals surface area contributed by atoms with Gasteiger partial charge < -0.3 is 4.74 Å². The van der Waals surface area contributed by atoms with Gasteiger partial charge in [-0.3, -0.25) is 0 Å². The van der Waals surface area contributed by atoms with Gasteiger partial charge in [-0.1, -0.05) is 20.3 Å². The van der Waals surface area contributed by atoms with Crippen molar-refractivity contribution in [2.75, 3.05) is 6.61 Å². The van der Waals surface area contributed by atoms with Crippen LogP contribution in [0.3, 0.4) is 0 Å². The largest absolute Gasteiger partial charge is 0.492 e. The molecule has 0 saturated carbocycles. The summed E-state index contributed by atoms with van der Waals surface area (Å²) in [6.07, 6.45) is 1.18. The number of thiophene rings is 1. The van der Waals surface area contributed by atoms with Gasteiger partial charge in [-0.15, -0.1) is 11.3 Å². The number of ether oxygens (including phenoxy) is 1. The van der Waals surface area contributed by atoms with E-state index < -0.39 is 0 Å². The van der Waals surface area contributed by atoms with Crippen molar-refractivity contribution in [3.63, 3.8) is 0 Å². The van der Waals surface area contributed by atoms with E-state index in [0.717, 1.165) is 12.4 Å². The van der Waals surface area contributed by atoms with Crippen LogP contribution < -0.4 is 4.74 Å². The fraction of sp³-hybridized carbons (Fsp3) is 0.600. The van der Waals surface area contributed by atoms with Crippen molar-refractivity contribution in [1.82, 2.24) is 0 Å². The second kappa shape index (κ2) is 4.51. The SMILES string of the molecule is CCC(C)COc1cscc1C. The summed E-state index contributed by atoms with van der Waals surface area (Å²) >= 11 is 1.70. The minimum Gasteiger partial charge on any atom is -0.492 e. The van der Waals surface area contributed by atoms with Crippen molar-refractivity contribution in [2.24, 2.45) is 5.92 Å². The first kappa shape index (κ1) is 9.59. The molecule has 68 valence electrons. The maximum Gasteiger partial charge on any atom is 0.132 e. The molecular formula is C10H16OS. The second-order valence-corrected chi connectivity index (χ2v) is 3.99. The Morgan fingerprint density at radius 3 is 2.75 bits per heavy atom. The standard InChI is InChI=1S/C10H16OS/c1-4-8(2)5-11-10-7-12-6-9(10)3/h6-8H,4-5H2,1-3H3. The lowest BCUT2D eigenvalue weighted by atomic mass is 10.1. The molecule has 0 fully saturated rings. The third-order valence-corrected chi connectivity index (χ3v) is 2.87. The van der Waals surface area contributed by atoms with E-state index in [2.05, 4.69) is 31.5 Å². The van der Waals surface area contributed by atoms with Crippen LogP contribution in [0.25, 0.3) is 0 Å². The number of hydrogen-bond acceptors (Lipinski definition) is 2. The van der Waals surface area contributed by atoms with Gasteiger partial charge in [-0.25, -0.2) is 0 Å². The quantitative estimate of drug-likeness (QED) is 0.696. The average Bonchev–Trinajstić information content (AvgIpc) is 2.47. The molecule has 0 aliphatic rings. The summed E-state index contributed by atoms with van der Waals surface area (Å²) in [6.45, 7) is 7.33. The predicted octanol–water partition coefficient (Wildman–Crippen LogP) is 3.48. The molecule has 1 aromatic heterocycles. The Kier molecular flexibility index (Phi) is 3.60. The third kappa shape index (κ3) is 2.52. The van der Waals surface area contributed by atoms with Gasteiger partial charge >= 0.3 is 0 Å². The van der Waals surface area contributed by atoms with Crippen molar-refractivity contribution >= 4 is 11.3 Å². The molecule has 0 amide bonds. The van der Waals surface area contributed by atoms with Gasteiger partial charge in [0.1, 0.15) is 5.75 Å². The van der Waals surface area contributed by atoms with Gasteiger partial charge in [0.2, 0.25) is 0 Å². The molecule has 1 rings (SSSR count). The Balaban J connectivity index is 2.38. The summed E-state index contributed by atoms with van der Waals surface area (Å²) in [5.41, 5.74) is 1.25. The lowest BCUT2D eigenvalue weighted by Crippen LogP contribution is -2.07. The van der Waals surface area contributed by atoms with E-state index in [-0.39, 0.29) is 0 Å².